The normalized spacial score (nSPS) is 11.1. The third-order valence-corrected chi connectivity index (χ3v) is 7.07. The van der Waals surface area contributed by atoms with Crippen LogP contribution < -0.4 is 5.73 Å². The molecule has 2 heterocycles. The number of ketones is 1. The van der Waals surface area contributed by atoms with Crippen LogP contribution in [0.1, 0.15) is 26.4 Å². The Hall–Kier alpha value is -3.47. The van der Waals surface area contributed by atoms with Crippen LogP contribution in [0.5, 0.6) is 0 Å². The Bertz CT molecular complexity index is 1490. The predicted octanol–water partition coefficient (Wildman–Crippen LogP) is 7.71. The summed E-state index contributed by atoms with van der Waals surface area (Å²) in [5, 5.41) is 1.49. The van der Waals surface area contributed by atoms with Gasteiger partial charge in [-0.25, -0.2) is 4.98 Å². The molecule has 0 fully saturated rings. The molecule has 5 rings (SSSR count). The molecule has 162 valence electrons. The number of aryl methyl sites for hydroxylation is 2. The summed E-state index contributed by atoms with van der Waals surface area (Å²) < 4.78 is 0. The van der Waals surface area contributed by atoms with Crippen molar-refractivity contribution in [3.05, 3.63) is 105 Å². The Balaban J connectivity index is 1.74. The van der Waals surface area contributed by atoms with E-state index in [1.165, 1.54) is 16.9 Å². The lowest BCUT2D eigenvalue weighted by Gasteiger charge is -2.09. The number of carbonyl (C=O) groups excluding carboxylic acids is 1. The van der Waals surface area contributed by atoms with Crippen molar-refractivity contribution in [2.45, 2.75) is 13.8 Å². The number of rotatable bonds is 4. The van der Waals surface area contributed by atoms with E-state index in [2.05, 4.69) is 31.2 Å². The molecule has 0 aliphatic heterocycles. The number of nitrogen functional groups attached to an aromatic ring is 1. The van der Waals surface area contributed by atoms with E-state index in [-0.39, 0.29) is 5.78 Å². The van der Waals surface area contributed by atoms with Crippen LogP contribution in [-0.4, -0.2) is 10.8 Å². The minimum absolute atomic E-state index is 0.0848. The first-order chi connectivity index (χ1) is 15.9. The van der Waals surface area contributed by atoms with E-state index in [1.54, 1.807) is 0 Å². The summed E-state index contributed by atoms with van der Waals surface area (Å²) in [7, 11) is 0. The zero-order valence-corrected chi connectivity index (χ0v) is 19.8. The van der Waals surface area contributed by atoms with Crippen molar-refractivity contribution >= 4 is 44.6 Å². The second-order valence-corrected chi connectivity index (χ2v) is 9.58. The van der Waals surface area contributed by atoms with E-state index < -0.39 is 0 Å². The molecule has 2 N–H and O–H groups in total. The number of aromatic nitrogens is 1. The van der Waals surface area contributed by atoms with Gasteiger partial charge in [0, 0.05) is 21.5 Å². The molecule has 0 radical (unpaired) electrons. The molecular formula is C28H21ClN2OS. The summed E-state index contributed by atoms with van der Waals surface area (Å²) in [6, 6.07) is 25.5. The fraction of sp³-hybridized carbons (Fsp3) is 0.0714. The summed E-state index contributed by atoms with van der Waals surface area (Å²) in [6.45, 7) is 4.06. The molecule has 0 aliphatic rings. The molecule has 3 aromatic carbocycles. The van der Waals surface area contributed by atoms with E-state index in [4.69, 9.17) is 22.3 Å². The standard InChI is InChI=1S/C28H21ClN2OS/c1-16-3-7-18(8-4-16)22-15-23(19-11-13-21(29)14-12-19)31-28-24(22)25(30)27(33-28)26(32)20-9-5-17(2)6-10-20/h3-15H,30H2,1-2H3. The number of fused-ring (bicyclic) bond motifs is 1. The van der Waals surface area contributed by atoms with Crippen LogP contribution in [0.4, 0.5) is 5.69 Å². The molecule has 0 saturated heterocycles. The van der Waals surface area contributed by atoms with Gasteiger partial charge in [0.2, 0.25) is 5.78 Å². The lowest BCUT2D eigenvalue weighted by atomic mass is 9.98. The van der Waals surface area contributed by atoms with Crippen molar-refractivity contribution in [3.8, 4) is 22.4 Å². The number of thiophene rings is 1. The summed E-state index contributed by atoms with van der Waals surface area (Å²) in [5.74, 6) is -0.0848. The summed E-state index contributed by atoms with van der Waals surface area (Å²) in [6.07, 6.45) is 0. The Morgan fingerprint density at radius 1 is 0.848 bits per heavy atom. The average Bonchev–Trinajstić information content (AvgIpc) is 3.16. The molecule has 0 spiro atoms. The predicted molar refractivity (Wildman–Crippen MR) is 139 cm³/mol. The highest BCUT2D eigenvalue weighted by atomic mass is 35.5. The van der Waals surface area contributed by atoms with Crippen molar-refractivity contribution in [3.63, 3.8) is 0 Å². The van der Waals surface area contributed by atoms with Crippen LogP contribution in [0.25, 0.3) is 32.6 Å². The van der Waals surface area contributed by atoms with Gasteiger partial charge in [0.05, 0.1) is 11.4 Å². The fourth-order valence-corrected chi connectivity index (χ4v) is 5.06. The fourth-order valence-electron chi connectivity index (χ4n) is 3.86. The molecular weight excluding hydrogens is 448 g/mol. The summed E-state index contributed by atoms with van der Waals surface area (Å²) in [5.41, 5.74) is 13.7. The highest BCUT2D eigenvalue weighted by molar-refractivity contribution is 7.21. The topological polar surface area (TPSA) is 56.0 Å². The van der Waals surface area contributed by atoms with Gasteiger partial charge in [0.1, 0.15) is 9.71 Å². The van der Waals surface area contributed by atoms with Crippen LogP contribution in [0, 0.1) is 13.8 Å². The Morgan fingerprint density at radius 3 is 2.06 bits per heavy atom. The third-order valence-electron chi connectivity index (χ3n) is 5.72. The highest BCUT2D eigenvalue weighted by Crippen LogP contribution is 2.42. The molecule has 5 heteroatoms. The number of halogens is 1. The molecule has 3 nitrogen and oxygen atoms in total. The van der Waals surface area contributed by atoms with Gasteiger partial charge >= 0.3 is 0 Å². The highest BCUT2D eigenvalue weighted by Gasteiger charge is 2.22. The molecule has 2 aromatic heterocycles. The number of nitrogens with zero attached hydrogens (tertiary/aromatic N) is 1. The van der Waals surface area contributed by atoms with Crippen molar-refractivity contribution in [1.82, 2.24) is 4.98 Å². The second-order valence-electron chi connectivity index (χ2n) is 8.15. The number of anilines is 1. The first-order valence-electron chi connectivity index (χ1n) is 10.6. The Kier molecular flexibility index (Phi) is 5.49. The summed E-state index contributed by atoms with van der Waals surface area (Å²) >= 11 is 7.43. The van der Waals surface area contributed by atoms with Gasteiger partial charge in [-0.2, -0.15) is 0 Å². The van der Waals surface area contributed by atoms with Crippen molar-refractivity contribution < 1.29 is 4.79 Å². The number of benzene rings is 3. The van der Waals surface area contributed by atoms with Gasteiger partial charge in [-0.05, 0) is 43.2 Å². The second kappa shape index (κ2) is 8.47. The van der Waals surface area contributed by atoms with Gasteiger partial charge in [-0.1, -0.05) is 83.4 Å². The zero-order chi connectivity index (χ0) is 23.1. The van der Waals surface area contributed by atoms with E-state index >= 15 is 0 Å². The zero-order valence-electron chi connectivity index (χ0n) is 18.2. The number of pyridine rings is 1. The van der Waals surface area contributed by atoms with E-state index in [0.29, 0.717) is 21.2 Å². The molecule has 5 aromatic rings. The van der Waals surface area contributed by atoms with Crippen molar-refractivity contribution in [1.29, 1.82) is 0 Å². The maximum Gasteiger partial charge on any atom is 0.205 e. The number of carbonyl (C=O) groups is 1. The first-order valence-corrected chi connectivity index (χ1v) is 11.8. The average molecular weight is 469 g/mol. The van der Waals surface area contributed by atoms with Crippen LogP contribution in [0.3, 0.4) is 0 Å². The summed E-state index contributed by atoms with van der Waals surface area (Å²) in [4.78, 5) is 19.5. The van der Waals surface area contributed by atoms with E-state index in [0.717, 1.165) is 38.2 Å². The van der Waals surface area contributed by atoms with Gasteiger partial charge in [-0.3, -0.25) is 4.79 Å². The largest absolute Gasteiger partial charge is 0.397 e. The number of hydrogen-bond donors (Lipinski definition) is 1. The van der Waals surface area contributed by atoms with Gasteiger partial charge in [0.15, 0.2) is 0 Å². The lowest BCUT2D eigenvalue weighted by molar-refractivity contribution is 0.104. The molecule has 0 unspecified atom stereocenters. The number of hydrogen-bond acceptors (Lipinski definition) is 4. The van der Waals surface area contributed by atoms with E-state index in [1.807, 2.05) is 61.5 Å². The third kappa shape index (κ3) is 4.04. The minimum atomic E-state index is -0.0848. The Labute approximate surface area is 201 Å². The Morgan fingerprint density at radius 2 is 1.42 bits per heavy atom. The monoisotopic (exact) mass is 468 g/mol. The van der Waals surface area contributed by atoms with Gasteiger partial charge < -0.3 is 5.73 Å². The van der Waals surface area contributed by atoms with Crippen LogP contribution >= 0.6 is 22.9 Å². The van der Waals surface area contributed by atoms with Gasteiger partial charge in [-0.15, -0.1) is 11.3 Å². The van der Waals surface area contributed by atoms with Crippen LogP contribution in [-0.2, 0) is 0 Å². The molecule has 0 aliphatic carbocycles. The minimum Gasteiger partial charge on any atom is -0.397 e. The molecule has 0 amide bonds. The lowest BCUT2D eigenvalue weighted by Crippen LogP contribution is -2.02. The maximum absolute atomic E-state index is 13.3. The number of nitrogens with two attached hydrogens (primary N) is 1. The van der Waals surface area contributed by atoms with Crippen LogP contribution in [0.15, 0.2) is 78.9 Å². The van der Waals surface area contributed by atoms with Gasteiger partial charge in [0.25, 0.3) is 0 Å². The first kappa shape index (κ1) is 21.4. The van der Waals surface area contributed by atoms with Crippen molar-refractivity contribution in [2.75, 3.05) is 5.73 Å². The molecule has 0 atom stereocenters. The van der Waals surface area contributed by atoms with E-state index in [9.17, 15) is 4.79 Å². The van der Waals surface area contributed by atoms with Crippen molar-refractivity contribution in [2.24, 2.45) is 0 Å². The van der Waals surface area contributed by atoms with Crippen LogP contribution in [0.2, 0.25) is 5.02 Å². The molecule has 0 saturated carbocycles. The maximum atomic E-state index is 13.3. The smallest absolute Gasteiger partial charge is 0.205 e. The quantitative estimate of drug-likeness (QED) is 0.275. The molecule has 0 bridgehead atoms. The SMILES string of the molecule is Cc1ccc(C(=O)c2sc3nc(-c4ccc(Cl)cc4)cc(-c4ccc(C)cc4)c3c2N)cc1. The molecule has 33 heavy (non-hydrogen) atoms.